The van der Waals surface area contributed by atoms with Crippen molar-refractivity contribution in [3.63, 3.8) is 0 Å². The van der Waals surface area contributed by atoms with Gasteiger partial charge in [0.25, 0.3) is 0 Å². The summed E-state index contributed by atoms with van der Waals surface area (Å²) in [7, 11) is 0. The third-order valence-corrected chi connectivity index (χ3v) is 4.15. The molecule has 1 aromatic heterocycles. The molecule has 0 bridgehead atoms. The second-order valence-electron chi connectivity index (χ2n) is 5.92. The van der Waals surface area contributed by atoms with E-state index in [1.807, 2.05) is 24.3 Å². The molecule has 5 heteroatoms. The van der Waals surface area contributed by atoms with Gasteiger partial charge >= 0.3 is 5.97 Å². The highest BCUT2D eigenvalue weighted by molar-refractivity contribution is 6.31. The quantitative estimate of drug-likeness (QED) is 0.681. The zero-order chi connectivity index (χ0) is 17.4. The maximum Gasteiger partial charge on any atom is 0.336 e. The van der Waals surface area contributed by atoms with Crippen LogP contribution in [0.2, 0.25) is 5.02 Å². The Kier molecular flexibility index (Phi) is 4.24. The predicted molar refractivity (Wildman–Crippen MR) is 93.2 cm³/mol. The number of aromatic carboxylic acids is 1. The fourth-order valence-electron chi connectivity index (χ4n) is 2.62. The van der Waals surface area contributed by atoms with Gasteiger partial charge in [0.15, 0.2) is 5.82 Å². The third-order valence-electron chi connectivity index (χ3n) is 3.94. The second-order valence-corrected chi connectivity index (χ2v) is 6.36. The number of halogens is 2. The first kappa shape index (κ1) is 16.4. The van der Waals surface area contributed by atoms with Gasteiger partial charge in [0.2, 0.25) is 0 Å². The van der Waals surface area contributed by atoms with Crippen LogP contribution in [0.1, 0.15) is 35.7 Å². The normalized spacial score (nSPS) is 11.2. The first-order chi connectivity index (χ1) is 11.4. The van der Waals surface area contributed by atoms with Crippen molar-refractivity contribution in [1.82, 2.24) is 4.98 Å². The lowest BCUT2D eigenvalue weighted by Crippen LogP contribution is -2.01. The molecule has 122 valence electrons. The van der Waals surface area contributed by atoms with E-state index in [0.717, 1.165) is 17.2 Å². The first-order valence-corrected chi connectivity index (χ1v) is 7.88. The monoisotopic (exact) mass is 343 g/mol. The first-order valence-electron chi connectivity index (χ1n) is 7.50. The van der Waals surface area contributed by atoms with Crippen molar-refractivity contribution in [3.05, 3.63) is 64.4 Å². The minimum absolute atomic E-state index is 0.00207. The minimum atomic E-state index is -1.15. The van der Waals surface area contributed by atoms with Crippen molar-refractivity contribution in [1.29, 1.82) is 0 Å². The van der Waals surface area contributed by atoms with Crippen LogP contribution < -0.4 is 0 Å². The van der Waals surface area contributed by atoms with Gasteiger partial charge in [-0.05, 0) is 29.7 Å². The zero-order valence-electron chi connectivity index (χ0n) is 13.2. The maximum absolute atomic E-state index is 14.2. The summed E-state index contributed by atoms with van der Waals surface area (Å²) >= 11 is 5.84. The number of benzene rings is 2. The average Bonchev–Trinajstić information content (AvgIpc) is 2.54. The highest BCUT2D eigenvalue weighted by Crippen LogP contribution is 2.29. The van der Waals surface area contributed by atoms with Crippen molar-refractivity contribution in [2.24, 2.45) is 0 Å². The largest absolute Gasteiger partial charge is 0.478 e. The number of nitrogens with zero attached hydrogens (tertiary/aromatic N) is 1. The minimum Gasteiger partial charge on any atom is -0.478 e. The summed E-state index contributed by atoms with van der Waals surface area (Å²) in [6.45, 7) is 4.18. The van der Waals surface area contributed by atoms with E-state index in [-0.39, 0.29) is 21.5 Å². The van der Waals surface area contributed by atoms with Crippen molar-refractivity contribution in [2.75, 3.05) is 0 Å². The summed E-state index contributed by atoms with van der Waals surface area (Å²) in [5, 5.41) is 9.79. The Morgan fingerprint density at radius 1 is 1.17 bits per heavy atom. The summed E-state index contributed by atoms with van der Waals surface area (Å²) in [6, 6.07) is 11.7. The van der Waals surface area contributed by atoms with Gasteiger partial charge in [-0.25, -0.2) is 14.2 Å². The van der Waals surface area contributed by atoms with E-state index >= 15 is 0 Å². The number of hydrogen-bond acceptors (Lipinski definition) is 2. The molecule has 0 aliphatic rings. The molecule has 1 heterocycles. The number of carboxylic acids is 1. The molecule has 3 rings (SSSR count). The van der Waals surface area contributed by atoms with Crippen molar-refractivity contribution >= 4 is 28.5 Å². The van der Waals surface area contributed by atoms with Gasteiger partial charge in [-0.2, -0.15) is 0 Å². The molecule has 0 spiro atoms. The van der Waals surface area contributed by atoms with Gasteiger partial charge in [-0.3, -0.25) is 0 Å². The molecule has 3 nitrogen and oxygen atoms in total. The van der Waals surface area contributed by atoms with Gasteiger partial charge in [0, 0.05) is 16.0 Å². The molecule has 0 radical (unpaired) electrons. The molecule has 24 heavy (non-hydrogen) atoms. The van der Waals surface area contributed by atoms with Crippen molar-refractivity contribution in [2.45, 2.75) is 19.8 Å². The fourth-order valence-corrected chi connectivity index (χ4v) is 2.82. The number of pyridine rings is 1. The van der Waals surface area contributed by atoms with Crippen LogP contribution in [0.3, 0.4) is 0 Å². The fraction of sp³-hybridized carbons (Fsp3) is 0.158. The highest BCUT2D eigenvalue weighted by Gasteiger charge is 2.16. The lowest BCUT2D eigenvalue weighted by Gasteiger charge is -2.10. The van der Waals surface area contributed by atoms with E-state index in [4.69, 9.17) is 11.6 Å². The topological polar surface area (TPSA) is 50.2 Å². The Balaban J connectivity index is 2.24. The van der Waals surface area contributed by atoms with E-state index in [0.29, 0.717) is 11.6 Å². The molecule has 0 atom stereocenters. The highest BCUT2D eigenvalue weighted by atomic mass is 35.5. The number of carboxylic acid groups (broad SMARTS) is 1. The molecule has 0 fully saturated rings. The molecular weight excluding hydrogens is 329 g/mol. The zero-order valence-corrected chi connectivity index (χ0v) is 13.9. The van der Waals surface area contributed by atoms with Gasteiger partial charge in [0.05, 0.1) is 11.3 Å². The van der Waals surface area contributed by atoms with Crippen LogP contribution in [0.5, 0.6) is 0 Å². The van der Waals surface area contributed by atoms with Gasteiger partial charge in [0.1, 0.15) is 5.52 Å². The molecule has 0 unspecified atom stereocenters. The summed E-state index contributed by atoms with van der Waals surface area (Å²) < 4.78 is 14.2. The lowest BCUT2D eigenvalue weighted by atomic mass is 9.99. The summed E-state index contributed by atoms with van der Waals surface area (Å²) in [5.74, 6) is -1.40. The number of rotatable bonds is 3. The van der Waals surface area contributed by atoms with E-state index < -0.39 is 11.8 Å². The molecule has 0 aliphatic heterocycles. The van der Waals surface area contributed by atoms with Crippen LogP contribution in [0.4, 0.5) is 4.39 Å². The van der Waals surface area contributed by atoms with E-state index in [1.54, 1.807) is 0 Å². The second kappa shape index (κ2) is 6.21. The van der Waals surface area contributed by atoms with Crippen LogP contribution in [-0.2, 0) is 0 Å². The Morgan fingerprint density at radius 3 is 2.42 bits per heavy atom. The molecule has 0 saturated carbocycles. The average molecular weight is 344 g/mol. The Hall–Kier alpha value is -2.46. The Morgan fingerprint density at radius 2 is 1.83 bits per heavy atom. The number of hydrogen-bond donors (Lipinski definition) is 1. The lowest BCUT2D eigenvalue weighted by molar-refractivity contribution is 0.0699. The molecule has 0 saturated heterocycles. The van der Waals surface area contributed by atoms with Crippen LogP contribution in [0.15, 0.2) is 42.5 Å². The number of fused-ring (bicyclic) bond motifs is 1. The predicted octanol–water partition coefficient (Wildman–Crippen LogP) is 5.52. The van der Waals surface area contributed by atoms with E-state index in [9.17, 15) is 14.3 Å². The van der Waals surface area contributed by atoms with Crippen LogP contribution >= 0.6 is 11.6 Å². The summed E-state index contributed by atoms with van der Waals surface area (Å²) in [5.41, 5.74) is 2.29. The molecule has 2 aromatic carbocycles. The van der Waals surface area contributed by atoms with Gasteiger partial charge in [-0.15, -0.1) is 0 Å². The van der Waals surface area contributed by atoms with Crippen LogP contribution in [0.25, 0.3) is 22.2 Å². The van der Waals surface area contributed by atoms with Gasteiger partial charge < -0.3 is 5.11 Å². The van der Waals surface area contributed by atoms with Crippen molar-refractivity contribution < 1.29 is 14.3 Å². The standard InChI is InChI=1S/C19H15ClFNO2/c1-10(2)11-3-5-12(6-4-11)17-9-15(19(23)24)14-7-13(20)8-16(21)18(14)22-17/h3-10H,1-2H3,(H,23,24). The molecule has 3 aromatic rings. The maximum atomic E-state index is 14.2. The molecule has 0 aliphatic carbocycles. The van der Waals surface area contributed by atoms with Crippen molar-refractivity contribution in [3.8, 4) is 11.3 Å². The summed E-state index contributed by atoms with van der Waals surface area (Å²) in [6.07, 6.45) is 0. The molecule has 1 N–H and O–H groups in total. The summed E-state index contributed by atoms with van der Waals surface area (Å²) in [4.78, 5) is 15.9. The Labute approximate surface area is 143 Å². The number of aromatic nitrogens is 1. The van der Waals surface area contributed by atoms with Gasteiger partial charge in [-0.1, -0.05) is 49.7 Å². The Bertz CT molecular complexity index is 936. The van der Waals surface area contributed by atoms with Crippen LogP contribution in [0, 0.1) is 5.82 Å². The van der Waals surface area contributed by atoms with Crippen LogP contribution in [-0.4, -0.2) is 16.1 Å². The van der Waals surface area contributed by atoms with E-state index in [2.05, 4.69) is 18.8 Å². The molecule has 0 amide bonds. The third kappa shape index (κ3) is 2.97. The molecular formula is C19H15ClFNO2. The number of carbonyl (C=O) groups is 1. The SMILES string of the molecule is CC(C)c1ccc(-c2cc(C(=O)O)c3cc(Cl)cc(F)c3n2)cc1. The smallest absolute Gasteiger partial charge is 0.336 e. The van der Waals surface area contributed by atoms with E-state index in [1.165, 1.54) is 12.1 Å².